The second-order valence-electron chi connectivity index (χ2n) is 14.7. The van der Waals surface area contributed by atoms with Gasteiger partial charge in [0.1, 0.15) is 0 Å². The number of aryl methyl sites for hydroxylation is 1. The zero-order valence-electron chi connectivity index (χ0n) is 30.6. The van der Waals surface area contributed by atoms with Gasteiger partial charge >= 0.3 is 0 Å². The van der Waals surface area contributed by atoms with Crippen molar-refractivity contribution >= 4 is 64.9 Å². The van der Waals surface area contributed by atoms with Crippen LogP contribution in [0.25, 0.3) is 104 Å². The molecule has 0 aliphatic rings. The molecule has 1 nitrogen and oxygen atoms in total. The van der Waals surface area contributed by atoms with Crippen LogP contribution in [-0.4, -0.2) is 4.57 Å². The van der Waals surface area contributed by atoms with E-state index in [1.807, 2.05) is 0 Å². The van der Waals surface area contributed by atoms with E-state index in [1.165, 1.54) is 104 Å². The van der Waals surface area contributed by atoms with Gasteiger partial charge in [-0.3, -0.25) is 0 Å². The first-order valence-electron chi connectivity index (χ1n) is 19.3. The van der Waals surface area contributed by atoms with E-state index in [9.17, 15) is 0 Å². The van der Waals surface area contributed by atoms with Crippen molar-refractivity contribution in [3.05, 3.63) is 200 Å². The lowest BCUT2D eigenvalue weighted by Gasteiger charge is -2.19. The van der Waals surface area contributed by atoms with Gasteiger partial charge in [-0.1, -0.05) is 171 Å². The lowest BCUT2D eigenvalue weighted by atomic mass is 9.84. The van der Waals surface area contributed by atoms with Crippen LogP contribution >= 0.6 is 0 Å². The monoisotopic (exact) mass is 699 g/mol. The van der Waals surface area contributed by atoms with Crippen molar-refractivity contribution in [2.24, 2.45) is 0 Å². The van der Waals surface area contributed by atoms with E-state index in [0.717, 1.165) is 12.1 Å². The third-order valence-corrected chi connectivity index (χ3v) is 11.7. The second-order valence-corrected chi connectivity index (χ2v) is 14.7. The summed E-state index contributed by atoms with van der Waals surface area (Å²) < 4.78 is 2.46. The first kappa shape index (κ1) is 31.6. The topological polar surface area (TPSA) is 4.93 Å². The summed E-state index contributed by atoms with van der Waals surface area (Å²) in [5, 5.41) is 12.8. The average Bonchev–Trinajstić information content (AvgIpc) is 3.61. The predicted octanol–water partition coefficient (Wildman–Crippen LogP) is 15.0. The van der Waals surface area contributed by atoms with E-state index >= 15 is 0 Å². The fourth-order valence-corrected chi connectivity index (χ4v) is 9.16. The number of hydrogen-bond acceptors (Lipinski definition) is 0. The molecule has 0 fully saturated rings. The Balaban J connectivity index is 1.16. The summed E-state index contributed by atoms with van der Waals surface area (Å²) in [4.78, 5) is 0. The number of benzene rings is 10. The standard InChI is InChI=1S/C54H37N/c1-2-35-13-12-18-40(33-35)41-25-30-47-48(34-41)52(38-16-4-3-5-17-38)46-22-11-10-21-45(46)51(47)39-23-28-42(29-24-39)55-49-31-26-36-14-6-8-19-43(36)53(49)54-44-20-9-7-15-37(44)27-32-50(54)55/h3-34H,2H2,1H3. The maximum absolute atomic E-state index is 2.46. The largest absolute Gasteiger partial charge is 0.309 e. The molecule has 0 amide bonds. The molecule has 0 spiro atoms. The summed E-state index contributed by atoms with van der Waals surface area (Å²) >= 11 is 0. The Bertz CT molecular complexity index is 3180. The van der Waals surface area contributed by atoms with Crippen LogP contribution in [0.3, 0.4) is 0 Å². The fraction of sp³-hybridized carbons (Fsp3) is 0.0370. The molecule has 1 heteroatoms. The first-order chi connectivity index (χ1) is 27.2. The minimum Gasteiger partial charge on any atom is -0.309 e. The molecule has 0 atom stereocenters. The molecule has 0 saturated carbocycles. The van der Waals surface area contributed by atoms with Gasteiger partial charge in [0, 0.05) is 16.5 Å². The van der Waals surface area contributed by atoms with Gasteiger partial charge in [-0.25, -0.2) is 0 Å². The summed E-state index contributed by atoms with van der Waals surface area (Å²) in [5.74, 6) is 0. The van der Waals surface area contributed by atoms with Gasteiger partial charge in [-0.15, -0.1) is 0 Å². The third-order valence-electron chi connectivity index (χ3n) is 11.7. The molecule has 0 bridgehead atoms. The van der Waals surface area contributed by atoms with Crippen LogP contribution in [0.2, 0.25) is 0 Å². The number of fused-ring (bicyclic) bond motifs is 9. The van der Waals surface area contributed by atoms with Gasteiger partial charge in [-0.05, 0) is 119 Å². The van der Waals surface area contributed by atoms with Crippen molar-refractivity contribution < 1.29 is 0 Å². The van der Waals surface area contributed by atoms with Crippen molar-refractivity contribution in [3.8, 4) is 39.1 Å². The lowest BCUT2D eigenvalue weighted by molar-refractivity contribution is 1.14. The van der Waals surface area contributed by atoms with Crippen molar-refractivity contribution in [1.82, 2.24) is 4.57 Å². The Morgan fingerprint density at radius 2 is 0.836 bits per heavy atom. The van der Waals surface area contributed by atoms with E-state index < -0.39 is 0 Å². The summed E-state index contributed by atoms with van der Waals surface area (Å²) in [6.45, 7) is 2.22. The third kappa shape index (κ3) is 4.94. The molecule has 258 valence electrons. The van der Waals surface area contributed by atoms with Crippen LogP contribution in [0, 0.1) is 0 Å². The van der Waals surface area contributed by atoms with Crippen LogP contribution in [0.4, 0.5) is 0 Å². The second kappa shape index (κ2) is 12.6. The van der Waals surface area contributed by atoms with Crippen LogP contribution in [0.1, 0.15) is 12.5 Å². The molecule has 0 aliphatic heterocycles. The molecular formula is C54H37N. The first-order valence-corrected chi connectivity index (χ1v) is 19.3. The smallest absolute Gasteiger partial charge is 0.0547 e. The maximum Gasteiger partial charge on any atom is 0.0547 e. The zero-order chi connectivity index (χ0) is 36.5. The molecule has 11 rings (SSSR count). The summed E-state index contributed by atoms with van der Waals surface area (Å²) in [6.07, 6.45) is 1.02. The lowest BCUT2D eigenvalue weighted by Crippen LogP contribution is -1.95. The van der Waals surface area contributed by atoms with E-state index in [-0.39, 0.29) is 0 Å². The van der Waals surface area contributed by atoms with Gasteiger partial charge < -0.3 is 4.57 Å². The van der Waals surface area contributed by atoms with Gasteiger partial charge in [0.15, 0.2) is 0 Å². The minimum absolute atomic E-state index is 1.02. The van der Waals surface area contributed by atoms with Gasteiger partial charge in [-0.2, -0.15) is 0 Å². The number of rotatable bonds is 5. The molecule has 11 aromatic rings. The van der Waals surface area contributed by atoms with Crippen LogP contribution in [0.5, 0.6) is 0 Å². The molecule has 0 N–H and O–H groups in total. The molecular weight excluding hydrogens is 663 g/mol. The highest BCUT2D eigenvalue weighted by atomic mass is 15.0. The van der Waals surface area contributed by atoms with Crippen LogP contribution < -0.4 is 0 Å². The van der Waals surface area contributed by atoms with Gasteiger partial charge in [0.2, 0.25) is 0 Å². The summed E-state index contributed by atoms with van der Waals surface area (Å²) in [7, 11) is 0. The van der Waals surface area contributed by atoms with Crippen molar-refractivity contribution in [3.63, 3.8) is 0 Å². The molecule has 0 aliphatic carbocycles. The highest BCUT2D eigenvalue weighted by molar-refractivity contribution is 6.28. The summed E-state index contributed by atoms with van der Waals surface area (Å²) in [6, 6.07) is 71.9. The van der Waals surface area contributed by atoms with Crippen LogP contribution in [-0.2, 0) is 6.42 Å². The average molecular weight is 700 g/mol. The molecule has 0 unspecified atom stereocenters. The predicted molar refractivity (Wildman–Crippen MR) is 236 cm³/mol. The van der Waals surface area contributed by atoms with E-state index in [4.69, 9.17) is 0 Å². The Morgan fingerprint density at radius 1 is 0.345 bits per heavy atom. The molecule has 0 saturated heterocycles. The number of aromatic nitrogens is 1. The number of hydrogen-bond donors (Lipinski definition) is 0. The van der Waals surface area contributed by atoms with E-state index in [2.05, 4.69) is 206 Å². The zero-order valence-corrected chi connectivity index (χ0v) is 30.6. The fourth-order valence-electron chi connectivity index (χ4n) is 9.16. The summed E-state index contributed by atoms with van der Waals surface area (Å²) in [5.41, 5.74) is 12.4. The molecule has 1 aromatic heterocycles. The Kier molecular flexibility index (Phi) is 7.22. The van der Waals surface area contributed by atoms with E-state index in [0.29, 0.717) is 0 Å². The van der Waals surface area contributed by atoms with Gasteiger partial charge in [0.05, 0.1) is 11.0 Å². The van der Waals surface area contributed by atoms with Gasteiger partial charge in [0.25, 0.3) is 0 Å². The molecule has 10 aromatic carbocycles. The highest BCUT2D eigenvalue weighted by Crippen LogP contribution is 2.46. The molecule has 1 heterocycles. The SMILES string of the molecule is CCc1cccc(-c2ccc3c(-c4ccc(-n5c6ccc7ccccc7c6c6c7ccccc7ccc65)cc4)c4ccccc4c(-c4ccccc4)c3c2)c1. The van der Waals surface area contributed by atoms with E-state index in [1.54, 1.807) is 0 Å². The highest BCUT2D eigenvalue weighted by Gasteiger charge is 2.20. The maximum atomic E-state index is 2.46. The van der Waals surface area contributed by atoms with Crippen LogP contribution in [0.15, 0.2) is 194 Å². The van der Waals surface area contributed by atoms with Crippen molar-refractivity contribution in [2.75, 3.05) is 0 Å². The van der Waals surface area contributed by atoms with Crippen molar-refractivity contribution in [1.29, 1.82) is 0 Å². The van der Waals surface area contributed by atoms with Crippen molar-refractivity contribution in [2.45, 2.75) is 13.3 Å². The molecule has 0 radical (unpaired) electrons. The Labute approximate surface area is 320 Å². The minimum atomic E-state index is 1.02. The quantitative estimate of drug-likeness (QED) is 0.158. The normalized spacial score (nSPS) is 11.8. The molecule has 55 heavy (non-hydrogen) atoms. The number of nitrogens with zero attached hydrogens (tertiary/aromatic N) is 1. The Hall–Kier alpha value is -6.96. The Morgan fingerprint density at radius 3 is 1.47 bits per heavy atom.